The fourth-order valence-corrected chi connectivity index (χ4v) is 14.6. The van der Waals surface area contributed by atoms with Crippen LogP contribution < -0.4 is 50.8 Å². The summed E-state index contributed by atoms with van der Waals surface area (Å²) in [5.41, 5.74) is 12.4. The van der Waals surface area contributed by atoms with Gasteiger partial charge < -0.3 is 18.9 Å². The molecule has 2 aliphatic heterocycles. The maximum Gasteiger partial charge on any atom is 0.169 e. The lowest BCUT2D eigenvalue weighted by Gasteiger charge is -2.34. The van der Waals surface area contributed by atoms with Gasteiger partial charge in [-0.3, -0.25) is 0 Å². The number of rotatable bonds is 7. The normalized spacial score (nSPS) is 13.4. The van der Waals surface area contributed by atoms with Gasteiger partial charge in [-0.2, -0.15) is 0 Å². The molecule has 0 atom stereocenters. The molecule has 0 aliphatic carbocycles. The number of benzene rings is 6. The van der Waals surface area contributed by atoms with E-state index < -0.39 is 15.8 Å². The molecule has 2 heterocycles. The van der Waals surface area contributed by atoms with Gasteiger partial charge in [0.15, 0.2) is 23.0 Å². The van der Waals surface area contributed by atoms with Gasteiger partial charge in [-0.15, -0.1) is 0 Å². The molecule has 2 aliphatic rings. The standard InChI is InChI=1S/C48H48O4P2/c1-29-13-9-14-30(2)45(29)53(46-31(3)15-10-16-32(46)4)39-23-21-37-43(51-27-25-49-37)41(39)42-40(24-22-38-44(42)52-28-26-50-38)54(47-33(5)17-11-18-34(47)6)48-35(7)19-12-20-36(48)8/h9-24H,25-28H2,1-8H3. The van der Waals surface area contributed by atoms with E-state index in [0.29, 0.717) is 26.4 Å². The van der Waals surface area contributed by atoms with E-state index in [-0.39, 0.29) is 0 Å². The number of aryl methyl sites for hydroxylation is 8. The zero-order valence-electron chi connectivity index (χ0n) is 32.6. The molecule has 6 heteroatoms. The SMILES string of the molecule is Cc1cccc(C)c1P(c1ccc2c(c1-c1c(P(c3c(C)cccc3C)c3c(C)cccc3C)ccc3c1OCCO3)OCCO2)c1c(C)cccc1C. The molecular formula is C48H48O4P2. The predicted octanol–water partition coefficient (Wildman–Crippen LogP) is 8.88. The Hall–Kier alpha value is -4.62. The van der Waals surface area contributed by atoms with E-state index in [2.05, 4.69) is 152 Å². The van der Waals surface area contributed by atoms with E-state index in [4.69, 9.17) is 18.9 Å². The summed E-state index contributed by atoms with van der Waals surface area (Å²) in [4.78, 5) is 0. The Morgan fingerprint density at radius 3 is 0.870 bits per heavy atom. The smallest absolute Gasteiger partial charge is 0.169 e. The average Bonchev–Trinajstić information content (AvgIpc) is 3.15. The zero-order valence-corrected chi connectivity index (χ0v) is 34.4. The fourth-order valence-electron chi connectivity index (χ4n) is 8.41. The van der Waals surface area contributed by atoms with Crippen LogP contribution >= 0.6 is 15.8 Å². The molecule has 0 amide bonds. The van der Waals surface area contributed by atoms with Crippen LogP contribution in [0, 0.1) is 55.4 Å². The highest BCUT2D eigenvalue weighted by atomic mass is 31.1. The first-order valence-corrected chi connectivity index (χ1v) is 21.5. The van der Waals surface area contributed by atoms with E-state index in [1.807, 2.05) is 0 Å². The second kappa shape index (κ2) is 14.9. The largest absolute Gasteiger partial charge is 0.486 e. The molecular weight excluding hydrogens is 702 g/mol. The first-order valence-electron chi connectivity index (χ1n) is 18.9. The van der Waals surface area contributed by atoms with Gasteiger partial charge in [0.2, 0.25) is 0 Å². The van der Waals surface area contributed by atoms with Crippen LogP contribution in [0.1, 0.15) is 44.5 Å². The van der Waals surface area contributed by atoms with Crippen molar-refractivity contribution in [2.45, 2.75) is 55.4 Å². The number of hydrogen-bond donors (Lipinski definition) is 0. The lowest BCUT2D eigenvalue weighted by Crippen LogP contribution is -2.32. The van der Waals surface area contributed by atoms with Gasteiger partial charge in [0.05, 0.1) is 0 Å². The molecule has 0 radical (unpaired) electrons. The van der Waals surface area contributed by atoms with E-state index >= 15 is 0 Å². The van der Waals surface area contributed by atoms with Crippen LogP contribution in [0.15, 0.2) is 97.1 Å². The molecule has 6 aromatic rings. The zero-order chi connectivity index (χ0) is 37.7. The molecule has 4 nitrogen and oxygen atoms in total. The van der Waals surface area contributed by atoms with Gasteiger partial charge >= 0.3 is 0 Å². The summed E-state index contributed by atoms with van der Waals surface area (Å²) >= 11 is 0. The van der Waals surface area contributed by atoms with Gasteiger partial charge in [-0.1, -0.05) is 72.8 Å². The molecule has 0 bridgehead atoms. The molecule has 0 spiro atoms. The Kier molecular flexibility index (Phi) is 10.0. The molecule has 54 heavy (non-hydrogen) atoms. The van der Waals surface area contributed by atoms with Crippen molar-refractivity contribution in [1.29, 1.82) is 0 Å². The van der Waals surface area contributed by atoms with Crippen LogP contribution in [-0.2, 0) is 0 Å². The van der Waals surface area contributed by atoms with E-state index in [9.17, 15) is 0 Å². The Morgan fingerprint density at radius 2 is 0.593 bits per heavy atom. The van der Waals surface area contributed by atoms with Crippen molar-refractivity contribution in [3.05, 3.63) is 142 Å². The van der Waals surface area contributed by atoms with Gasteiger partial charge in [0.1, 0.15) is 26.4 Å². The van der Waals surface area contributed by atoms with Crippen molar-refractivity contribution < 1.29 is 18.9 Å². The lowest BCUT2D eigenvalue weighted by molar-refractivity contribution is 0.170. The minimum Gasteiger partial charge on any atom is -0.486 e. The molecule has 8 rings (SSSR count). The van der Waals surface area contributed by atoms with Crippen molar-refractivity contribution in [2.24, 2.45) is 0 Å². The van der Waals surface area contributed by atoms with Crippen LogP contribution in [0.3, 0.4) is 0 Å². The third kappa shape index (κ3) is 6.28. The van der Waals surface area contributed by atoms with Crippen molar-refractivity contribution in [2.75, 3.05) is 26.4 Å². The van der Waals surface area contributed by atoms with Crippen molar-refractivity contribution in [3.8, 4) is 34.1 Å². The molecule has 274 valence electrons. The maximum absolute atomic E-state index is 6.82. The Balaban J connectivity index is 1.56. The molecule has 0 N–H and O–H groups in total. The van der Waals surface area contributed by atoms with Crippen LogP contribution in [0.25, 0.3) is 11.1 Å². The number of fused-ring (bicyclic) bond motifs is 2. The summed E-state index contributed by atoms with van der Waals surface area (Å²) < 4.78 is 26.5. The maximum atomic E-state index is 6.82. The van der Waals surface area contributed by atoms with Crippen LogP contribution in [0.5, 0.6) is 23.0 Å². The van der Waals surface area contributed by atoms with Crippen molar-refractivity contribution in [1.82, 2.24) is 0 Å². The summed E-state index contributed by atoms with van der Waals surface area (Å²) in [7, 11) is -2.18. The third-order valence-corrected chi connectivity index (χ3v) is 17.1. The summed E-state index contributed by atoms with van der Waals surface area (Å²) in [5.74, 6) is 3.10. The monoisotopic (exact) mass is 750 g/mol. The van der Waals surface area contributed by atoms with E-state index in [0.717, 1.165) is 34.1 Å². The van der Waals surface area contributed by atoms with Gasteiger partial charge in [0.25, 0.3) is 0 Å². The minimum atomic E-state index is -1.09. The van der Waals surface area contributed by atoms with Gasteiger partial charge in [-0.05, 0) is 172 Å². The second-order valence-corrected chi connectivity index (χ2v) is 18.7. The minimum absolute atomic E-state index is 0.471. The van der Waals surface area contributed by atoms with E-state index in [1.165, 1.54) is 76.3 Å². The van der Waals surface area contributed by atoms with Gasteiger partial charge in [0, 0.05) is 11.1 Å². The van der Waals surface area contributed by atoms with Crippen LogP contribution in [0.2, 0.25) is 0 Å². The molecule has 6 aromatic carbocycles. The fraction of sp³-hybridized carbons (Fsp3) is 0.250. The summed E-state index contributed by atoms with van der Waals surface area (Å²) in [6, 6.07) is 35.7. The molecule has 0 unspecified atom stereocenters. The Labute approximate surface area is 323 Å². The highest BCUT2D eigenvalue weighted by Gasteiger charge is 2.37. The highest BCUT2D eigenvalue weighted by molar-refractivity contribution is 7.81. The molecule has 0 saturated heterocycles. The summed E-state index contributed by atoms with van der Waals surface area (Å²) in [6.07, 6.45) is 0. The Morgan fingerprint density at radius 1 is 0.333 bits per heavy atom. The van der Waals surface area contributed by atoms with Crippen LogP contribution in [0.4, 0.5) is 0 Å². The average molecular weight is 751 g/mol. The third-order valence-electron chi connectivity index (χ3n) is 10.8. The summed E-state index contributed by atoms with van der Waals surface area (Å²) in [6.45, 7) is 20.0. The van der Waals surface area contributed by atoms with Crippen LogP contribution in [-0.4, -0.2) is 26.4 Å². The predicted molar refractivity (Wildman–Crippen MR) is 229 cm³/mol. The first-order chi connectivity index (χ1) is 26.2. The topological polar surface area (TPSA) is 36.9 Å². The number of hydrogen-bond acceptors (Lipinski definition) is 4. The molecule has 0 saturated carbocycles. The first kappa shape index (κ1) is 36.4. The van der Waals surface area contributed by atoms with E-state index in [1.54, 1.807) is 0 Å². The molecule has 0 aromatic heterocycles. The summed E-state index contributed by atoms with van der Waals surface area (Å²) in [5, 5.41) is 7.95. The quantitative estimate of drug-likeness (QED) is 0.153. The lowest BCUT2D eigenvalue weighted by atomic mass is 10.0. The highest BCUT2D eigenvalue weighted by Crippen LogP contribution is 2.54. The Bertz CT molecular complexity index is 2060. The second-order valence-electron chi connectivity index (χ2n) is 14.6. The molecule has 0 fully saturated rings. The number of ether oxygens (including phenoxy) is 4. The van der Waals surface area contributed by atoms with Gasteiger partial charge in [-0.25, -0.2) is 0 Å². The van der Waals surface area contributed by atoms with Crippen molar-refractivity contribution in [3.63, 3.8) is 0 Å². The van der Waals surface area contributed by atoms with Crippen molar-refractivity contribution >= 4 is 47.7 Å².